The molecule has 2 rings (SSSR count). The Morgan fingerprint density at radius 2 is 2.21 bits per heavy atom. The lowest BCUT2D eigenvalue weighted by Crippen LogP contribution is -2.32. The van der Waals surface area contributed by atoms with Crippen LogP contribution in [0.3, 0.4) is 0 Å². The number of benzene rings is 1. The molecule has 2 unspecified atom stereocenters. The van der Waals surface area contributed by atoms with E-state index < -0.39 is 5.82 Å². The summed E-state index contributed by atoms with van der Waals surface area (Å²) in [5.74, 6) is -0.358. The Morgan fingerprint density at radius 3 is 2.89 bits per heavy atom. The fourth-order valence-electron chi connectivity index (χ4n) is 2.45. The fourth-order valence-corrected chi connectivity index (χ4v) is 3.83. The second kappa shape index (κ2) is 6.84. The van der Waals surface area contributed by atoms with Crippen LogP contribution >= 0.6 is 31.9 Å². The molecule has 1 aromatic carbocycles. The number of hydrogen-bond donors (Lipinski definition) is 1. The molecule has 0 spiro atoms. The first-order valence-corrected chi connectivity index (χ1v) is 8.15. The molecule has 2 atom stereocenters. The number of carbonyl (C=O) groups excluding carboxylic acids is 1. The molecule has 1 aromatic rings. The van der Waals surface area contributed by atoms with Gasteiger partial charge >= 0.3 is 0 Å². The highest BCUT2D eigenvalue weighted by Gasteiger charge is 2.21. The van der Waals surface area contributed by atoms with E-state index in [-0.39, 0.29) is 11.5 Å². The molecule has 1 aliphatic carbocycles. The Balaban J connectivity index is 1.94. The van der Waals surface area contributed by atoms with Crippen molar-refractivity contribution in [3.63, 3.8) is 0 Å². The standard InChI is InChI=1S/C14H16Br2FNO/c15-10-4-1-3-9(7-10)8-18-14(19)13-11(16)5-2-6-12(13)17/h2,5-6,9-10H,1,3-4,7-8H2,(H,18,19). The number of alkyl halides is 1. The highest BCUT2D eigenvalue weighted by atomic mass is 79.9. The maximum atomic E-state index is 13.6. The van der Waals surface area contributed by atoms with Crippen molar-refractivity contribution >= 4 is 37.8 Å². The summed E-state index contributed by atoms with van der Waals surface area (Å²) in [6, 6.07) is 4.55. The van der Waals surface area contributed by atoms with Gasteiger partial charge in [0.25, 0.3) is 5.91 Å². The van der Waals surface area contributed by atoms with Gasteiger partial charge in [-0.15, -0.1) is 0 Å². The van der Waals surface area contributed by atoms with Crippen LogP contribution in [0.2, 0.25) is 0 Å². The molecule has 1 N–H and O–H groups in total. The average Bonchev–Trinajstić information content (AvgIpc) is 2.36. The van der Waals surface area contributed by atoms with Crippen molar-refractivity contribution in [1.29, 1.82) is 0 Å². The molecule has 1 fully saturated rings. The van der Waals surface area contributed by atoms with Crippen LogP contribution in [-0.4, -0.2) is 17.3 Å². The van der Waals surface area contributed by atoms with Crippen LogP contribution in [0.15, 0.2) is 22.7 Å². The summed E-state index contributed by atoms with van der Waals surface area (Å²) in [6.07, 6.45) is 4.57. The quantitative estimate of drug-likeness (QED) is 0.764. The molecular formula is C14H16Br2FNO. The normalized spacial score (nSPS) is 23.1. The number of halogens is 3. The summed E-state index contributed by atoms with van der Waals surface area (Å²) in [6.45, 7) is 0.613. The number of hydrogen-bond acceptors (Lipinski definition) is 1. The van der Waals surface area contributed by atoms with Crippen molar-refractivity contribution in [1.82, 2.24) is 5.32 Å². The first kappa shape index (κ1) is 15.0. The molecule has 0 saturated heterocycles. The molecule has 19 heavy (non-hydrogen) atoms. The molecular weight excluding hydrogens is 377 g/mol. The van der Waals surface area contributed by atoms with Crippen molar-refractivity contribution in [3.8, 4) is 0 Å². The van der Waals surface area contributed by atoms with E-state index in [1.165, 1.54) is 18.9 Å². The monoisotopic (exact) mass is 391 g/mol. The maximum absolute atomic E-state index is 13.6. The summed E-state index contributed by atoms with van der Waals surface area (Å²) in [4.78, 5) is 12.6. The van der Waals surface area contributed by atoms with Crippen molar-refractivity contribution < 1.29 is 9.18 Å². The zero-order valence-electron chi connectivity index (χ0n) is 10.5. The molecule has 0 aromatic heterocycles. The van der Waals surface area contributed by atoms with Crippen LogP contribution in [0, 0.1) is 11.7 Å². The molecule has 1 amide bonds. The number of amides is 1. The van der Waals surface area contributed by atoms with Gasteiger partial charge in [0.1, 0.15) is 5.82 Å². The number of carbonyl (C=O) groups is 1. The van der Waals surface area contributed by atoms with E-state index >= 15 is 0 Å². The molecule has 0 radical (unpaired) electrons. The van der Waals surface area contributed by atoms with Gasteiger partial charge < -0.3 is 5.32 Å². The van der Waals surface area contributed by atoms with E-state index in [0.717, 1.165) is 12.8 Å². The molecule has 0 heterocycles. The zero-order valence-corrected chi connectivity index (χ0v) is 13.6. The Bertz CT molecular complexity index is 447. The molecule has 0 bridgehead atoms. The van der Waals surface area contributed by atoms with Gasteiger partial charge in [-0.1, -0.05) is 28.4 Å². The Morgan fingerprint density at radius 1 is 1.42 bits per heavy atom. The van der Waals surface area contributed by atoms with Crippen molar-refractivity contribution in [3.05, 3.63) is 34.1 Å². The lowest BCUT2D eigenvalue weighted by Gasteiger charge is -2.25. The first-order chi connectivity index (χ1) is 9.08. The summed E-state index contributed by atoms with van der Waals surface area (Å²) in [7, 11) is 0. The molecule has 5 heteroatoms. The topological polar surface area (TPSA) is 29.1 Å². The third-order valence-electron chi connectivity index (χ3n) is 3.46. The van der Waals surface area contributed by atoms with E-state index in [2.05, 4.69) is 37.2 Å². The zero-order chi connectivity index (χ0) is 13.8. The number of nitrogens with one attached hydrogen (secondary N) is 1. The van der Waals surface area contributed by atoms with E-state index in [1.807, 2.05) is 0 Å². The summed E-state index contributed by atoms with van der Waals surface area (Å²) < 4.78 is 14.1. The summed E-state index contributed by atoms with van der Waals surface area (Å²) in [5.41, 5.74) is 0.0914. The van der Waals surface area contributed by atoms with Gasteiger partial charge in [0, 0.05) is 15.8 Å². The molecule has 0 aliphatic heterocycles. The largest absolute Gasteiger partial charge is 0.352 e. The van der Waals surface area contributed by atoms with E-state index in [9.17, 15) is 9.18 Å². The van der Waals surface area contributed by atoms with Crippen molar-refractivity contribution in [2.24, 2.45) is 5.92 Å². The van der Waals surface area contributed by atoms with Gasteiger partial charge in [0.2, 0.25) is 0 Å². The van der Waals surface area contributed by atoms with Gasteiger partial charge in [-0.3, -0.25) is 4.79 Å². The van der Waals surface area contributed by atoms with Crippen LogP contribution in [0.1, 0.15) is 36.0 Å². The van der Waals surface area contributed by atoms with Crippen LogP contribution in [0.5, 0.6) is 0 Å². The minimum absolute atomic E-state index is 0.0914. The highest BCUT2D eigenvalue weighted by molar-refractivity contribution is 9.10. The summed E-state index contributed by atoms with van der Waals surface area (Å²) in [5, 5.41) is 2.84. The number of rotatable bonds is 3. The van der Waals surface area contributed by atoms with Gasteiger partial charge in [-0.05, 0) is 53.2 Å². The van der Waals surface area contributed by atoms with E-state index in [0.29, 0.717) is 21.8 Å². The van der Waals surface area contributed by atoms with Crippen LogP contribution in [0.25, 0.3) is 0 Å². The summed E-state index contributed by atoms with van der Waals surface area (Å²) >= 11 is 6.84. The van der Waals surface area contributed by atoms with Crippen LogP contribution < -0.4 is 5.32 Å². The minimum atomic E-state index is -0.492. The minimum Gasteiger partial charge on any atom is -0.352 e. The second-order valence-electron chi connectivity index (χ2n) is 4.94. The van der Waals surface area contributed by atoms with Crippen molar-refractivity contribution in [2.45, 2.75) is 30.5 Å². The molecule has 2 nitrogen and oxygen atoms in total. The third-order valence-corrected chi connectivity index (χ3v) is 4.95. The smallest absolute Gasteiger partial charge is 0.255 e. The van der Waals surface area contributed by atoms with E-state index in [1.54, 1.807) is 12.1 Å². The Hall–Kier alpha value is -0.420. The second-order valence-corrected chi connectivity index (χ2v) is 7.09. The Kier molecular flexibility index (Phi) is 5.39. The van der Waals surface area contributed by atoms with Crippen LogP contribution in [-0.2, 0) is 0 Å². The molecule has 1 aliphatic rings. The SMILES string of the molecule is O=C(NCC1CCCC(Br)C1)c1c(F)cccc1Br. The van der Waals surface area contributed by atoms with Gasteiger partial charge in [0.15, 0.2) is 0 Å². The molecule has 1 saturated carbocycles. The predicted molar refractivity (Wildman–Crippen MR) is 81.1 cm³/mol. The maximum Gasteiger partial charge on any atom is 0.255 e. The first-order valence-electron chi connectivity index (χ1n) is 6.44. The Labute approximate surface area is 129 Å². The van der Waals surface area contributed by atoms with E-state index in [4.69, 9.17) is 0 Å². The van der Waals surface area contributed by atoms with Gasteiger partial charge in [0.05, 0.1) is 5.56 Å². The van der Waals surface area contributed by atoms with Gasteiger partial charge in [-0.25, -0.2) is 4.39 Å². The lowest BCUT2D eigenvalue weighted by atomic mass is 9.89. The predicted octanol–water partition coefficient (Wildman–Crippen LogP) is 4.27. The average molecular weight is 393 g/mol. The lowest BCUT2D eigenvalue weighted by molar-refractivity contribution is 0.0939. The fraction of sp³-hybridized carbons (Fsp3) is 0.500. The highest BCUT2D eigenvalue weighted by Crippen LogP contribution is 2.28. The van der Waals surface area contributed by atoms with Gasteiger partial charge in [-0.2, -0.15) is 0 Å². The van der Waals surface area contributed by atoms with Crippen molar-refractivity contribution in [2.75, 3.05) is 6.54 Å². The van der Waals surface area contributed by atoms with Crippen LogP contribution in [0.4, 0.5) is 4.39 Å². The molecule has 104 valence electrons. The third kappa shape index (κ3) is 4.02.